The van der Waals surface area contributed by atoms with Crippen molar-refractivity contribution < 1.29 is 39.1 Å². The van der Waals surface area contributed by atoms with E-state index in [9.17, 15) is 24.9 Å². The molecule has 4 rings (SSSR count). The lowest BCUT2D eigenvalue weighted by Gasteiger charge is -2.41. The van der Waals surface area contributed by atoms with Crippen LogP contribution in [0.1, 0.15) is 56.1 Å². The Bertz CT molecular complexity index is 1020. The minimum Gasteiger partial charge on any atom is -0.493 e. The molecule has 3 aliphatic rings. The molecule has 1 aliphatic carbocycles. The Morgan fingerprint density at radius 1 is 1.21 bits per heavy atom. The van der Waals surface area contributed by atoms with Gasteiger partial charge in [0.05, 0.1) is 44.8 Å². The van der Waals surface area contributed by atoms with Crippen molar-refractivity contribution in [1.82, 2.24) is 10.2 Å². The number of methoxy groups -OCH3 is 1. The Labute approximate surface area is 223 Å². The molecular weight excluding hydrogens is 492 g/mol. The molecule has 10 nitrogen and oxygen atoms in total. The molecule has 2 amide bonds. The smallest absolute Gasteiger partial charge is 0.247 e. The van der Waals surface area contributed by atoms with Gasteiger partial charge in [-0.2, -0.15) is 0 Å². The van der Waals surface area contributed by atoms with Crippen LogP contribution in [0.3, 0.4) is 0 Å². The van der Waals surface area contributed by atoms with E-state index in [0.717, 1.165) is 25.7 Å². The van der Waals surface area contributed by atoms with Crippen LogP contribution >= 0.6 is 0 Å². The number of benzene rings is 1. The third-order valence-corrected chi connectivity index (χ3v) is 7.67. The molecule has 1 saturated heterocycles. The van der Waals surface area contributed by atoms with E-state index in [0.29, 0.717) is 54.4 Å². The fourth-order valence-corrected chi connectivity index (χ4v) is 5.70. The molecule has 1 aromatic carbocycles. The summed E-state index contributed by atoms with van der Waals surface area (Å²) < 4.78 is 17.3. The molecule has 5 atom stereocenters. The molecule has 1 unspecified atom stereocenters. The summed E-state index contributed by atoms with van der Waals surface area (Å²) in [6.07, 6.45) is 4.18. The van der Waals surface area contributed by atoms with E-state index in [1.54, 1.807) is 23.1 Å². The van der Waals surface area contributed by atoms with E-state index < -0.39 is 30.1 Å². The van der Waals surface area contributed by atoms with Gasteiger partial charge in [-0.25, -0.2) is 0 Å². The summed E-state index contributed by atoms with van der Waals surface area (Å²) in [5.74, 6) is -0.621. The number of hydrogen-bond acceptors (Lipinski definition) is 8. The van der Waals surface area contributed by atoms with Crippen LogP contribution in [0.4, 0.5) is 0 Å². The highest BCUT2D eigenvalue weighted by Gasteiger charge is 2.51. The third-order valence-electron chi connectivity index (χ3n) is 7.67. The Balaban J connectivity index is 1.75. The van der Waals surface area contributed by atoms with Gasteiger partial charge in [-0.15, -0.1) is 0 Å². The lowest BCUT2D eigenvalue weighted by atomic mass is 9.77. The number of amides is 2. The van der Waals surface area contributed by atoms with Gasteiger partial charge in [-0.1, -0.05) is 26.2 Å². The molecule has 38 heavy (non-hydrogen) atoms. The summed E-state index contributed by atoms with van der Waals surface area (Å²) >= 11 is 0. The van der Waals surface area contributed by atoms with Crippen LogP contribution < -0.4 is 14.8 Å². The van der Waals surface area contributed by atoms with Gasteiger partial charge in [0.15, 0.2) is 11.5 Å². The van der Waals surface area contributed by atoms with Gasteiger partial charge in [0.2, 0.25) is 11.8 Å². The Morgan fingerprint density at radius 3 is 2.68 bits per heavy atom. The molecule has 0 spiro atoms. The van der Waals surface area contributed by atoms with Gasteiger partial charge < -0.3 is 39.7 Å². The maximum Gasteiger partial charge on any atom is 0.247 e. The first-order chi connectivity index (χ1) is 18.4. The third kappa shape index (κ3) is 5.68. The Morgan fingerprint density at radius 2 is 2.03 bits per heavy atom. The number of carbonyl (C=O) groups is 2. The van der Waals surface area contributed by atoms with Gasteiger partial charge in [-0.05, 0) is 36.6 Å². The lowest BCUT2D eigenvalue weighted by Crippen LogP contribution is -2.57. The highest BCUT2D eigenvalue weighted by atomic mass is 16.5. The van der Waals surface area contributed by atoms with Gasteiger partial charge in [-0.3, -0.25) is 9.59 Å². The number of aliphatic hydroxyl groups excluding tert-OH is 3. The van der Waals surface area contributed by atoms with E-state index >= 15 is 0 Å². The van der Waals surface area contributed by atoms with Crippen molar-refractivity contribution in [3.63, 3.8) is 0 Å². The van der Waals surface area contributed by atoms with Crippen LogP contribution in [-0.2, 0) is 20.9 Å². The van der Waals surface area contributed by atoms with Crippen LogP contribution in [0.15, 0.2) is 23.8 Å². The summed E-state index contributed by atoms with van der Waals surface area (Å²) in [5.41, 5.74) is 1.57. The summed E-state index contributed by atoms with van der Waals surface area (Å²) in [6.45, 7) is 3.04. The molecule has 2 aliphatic heterocycles. The van der Waals surface area contributed by atoms with Crippen LogP contribution in [0, 0.1) is 5.92 Å². The molecule has 4 N–H and O–H groups in total. The summed E-state index contributed by atoms with van der Waals surface area (Å²) in [4.78, 5) is 28.8. The zero-order valence-corrected chi connectivity index (χ0v) is 22.2. The number of aliphatic hydroxyl groups is 3. The van der Waals surface area contributed by atoms with Gasteiger partial charge in [0.1, 0.15) is 12.2 Å². The van der Waals surface area contributed by atoms with Crippen molar-refractivity contribution in [2.24, 2.45) is 5.92 Å². The minimum atomic E-state index is -1.11. The van der Waals surface area contributed by atoms with Gasteiger partial charge >= 0.3 is 0 Å². The first-order valence-electron chi connectivity index (χ1n) is 13.6. The molecule has 2 heterocycles. The van der Waals surface area contributed by atoms with Crippen molar-refractivity contribution in [3.8, 4) is 11.5 Å². The number of fused-ring (bicyclic) bond motifs is 3. The summed E-state index contributed by atoms with van der Waals surface area (Å²) in [6, 6.07) is 2.64. The maximum absolute atomic E-state index is 13.7. The molecule has 1 fully saturated rings. The van der Waals surface area contributed by atoms with Crippen molar-refractivity contribution in [2.75, 3.05) is 40.0 Å². The number of carbonyl (C=O) groups excluding carboxylic acids is 2. The normalized spacial score (nSPS) is 25.7. The Hall–Kier alpha value is -2.66. The molecule has 0 radical (unpaired) electrons. The molecule has 1 aromatic rings. The highest BCUT2D eigenvalue weighted by Crippen LogP contribution is 2.51. The molecule has 0 aromatic heterocycles. The number of hydrogen-bond donors (Lipinski definition) is 4. The van der Waals surface area contributed by atoms with Crippen molar-refractivity contribution in [1.29, 1.82) is 0 Å². The SMILES string of the molecule is CCCCCCN(C(=O)C1CCOC1)[C@@H]1C=C(C(=O)NCCO)[C@@H]2c3cc(CO)cc(OC)c3O[C@@H]2[C@H]1O. The number of nitrogens with one attached hydrogen (secondary N) is 1. The molecule has 0 bridgehead atoms. The highest BCUT2D eigenvalue weighted by molar-refractivity contribution is 5.96. The second-order valence-electron chi connectivity index (χ2n) is 10.2. The standard InChI is InChI=1S/C28H40N2O8/c1-3-4-5-6-9-30(28(35)18-7-11-37-16-18)21-14-20(27(34)29-8-10-31)23-19-12-17(15-32)13-22(36-2)25(19)38-26(23)24(21)33/h12-14,18,21,23-24,26,31-33H,3-11,15-16H2,1-2H3,(H,29,34)/t18?,21-,23+,24+,26+/m1/s1. The number of nitrogens with zero attached hydrogens (tertiary/aromatic N) is 1. The van der Waals surface area contributed by atoms with Crippen LogP contribution in [-0.4, -0.2) is 90.3 Å². The van der Waals surface area contributed by atoms with Crippen molar-refractivity contribution in [3.05, 3.63) is 34.9 Å². The van der Waals surface area contributed by atoms with Crippen LogP contribution in [0.2, 0.25) is 0 Å². The molecular formula is C28H40N2O8. The minimum absolute atomic E-state index is 0.0631. The topological polar surface area (TPSA) is 138 Å². The van der Waals surface area contributed by atoms with Crippen molar-refractivity contribution in [2.45, 2.75) is 69.8 Å². The average Bonchev–Trinajstić information content (AvgIpc) is 3.61. The first kappa shape index (κ1) is 28.4. The predicted molar refractivity (Wildman–Crippen MR) is 139 cm³/mol. The molecule has 0 saturated carbocycles. The van der Waals surface area contributed by atoms with Crippen molar-refractivity contribution >= 4 is 11.8 Å². The lowest BCUT2D eigenvalue weighted by molar-refractivity contribution is -0.141. The summed E-state index contributed by atoms with van der Waals surface area (Å²) in [7, 11) is 1.49. The van der Waals surface area contributed by atoms with E-state index in [1.165, 1.54) is 7.11 Å². The Kier molecular flexibility index (Phi) is 9.64. The second kappa shape index (κ2) is 12.9. The maximum atomic E-state index is 13.7. The largest absolute Gasteiger partial charge is 0.493 e. The fourth-order valence-electron chi connectivity index (χ4n) is 5.70. The van der Waals surface area contributed by atoms with E-state index in [-0.39, 0.29) is 31.6 Å². The number of rotatable bonds is 12. The van der Waals surface area contributed by atoms with Crippen LogP contribution in [0.25, 0.3) is 0 Å². The zero-order chi connectivity index (χ0) is 27.2. The van der Waals surface area contributed by atoms with Gasteiger partial charge in [0, 0.05) is 30.8 Å². The fraction of sp³-hybridized carbons (Fsp3) is 0.643. The average molecular weight is 533 g/mol. The summed E-state index contributed by atoms with van der Waals surface area (Å²) in [5, 5.41) is 33.5. The number of unbranched alkanes of at least 4 members (excludes halogenated alkanes) is 3. The number of ether oxygens (including phenoxy) is 3. The van der Waals surface area contributed by atoms with E-state index in [1.807, 2.05) is 0 Å². The monoisotopic (exact) mass is 532 g/mol. The molecule has 210 valence electrons. The zero-order valence-electron chi connectivity index (χ0n) is 22.2. The molecule has 10 heteroatoms. The second-order valence-corrected chi connectivity index (χ2v) is 10.2. The van der Waals surface area contributed by atoms with Crippen LogP contribution in [0.5, 0.6) is 11.5 Å². The predicted octanol–water partition coefficient (Wildman–Crippen LogP) is 1.26. The van der Waals surface area contributed by atoms with E-state index in [2.05, 4.69) is 12.2 Å². The van der Waals surface area contributed by atoms with Gasteiger partial charge in [0.25, 0.3) is 0 Å². The van der Waals surface area contributed by atoms with E-state index in [4.69, 9.17) is 14.2 Å². The quantitative estimate of drug-likeness (QED) is 0.295. The first-order valence-corrected chi connectivity index (χ1v) is 13.6.